The molecule has 0 aliphatic carbocycles. The Kier molecular flexibility index (Phi) is 2.74. The molecule has 0 saturated carbocycles. The normalized spacial score (nSPS) is 11.8. The SMILES string of the molecule is COc1cc2c(=O)n3c4ccccc4c4cccc(c2cc1OC)c43. The summed E-state index contributed by atoms with van der Waals surface area (Å²) in [6, 6.07) is 17.8. The third-order valence-corrected chi connectivity index (χ3v) is 4.94. The second-order valence-electron chi connectivity index (χ2n) is 6.11. The molecular weight excluding hydrogens is 314 g/mol. The van der Waals surface area contributed by atoms with Crippen molar-refractivity contribution in [2.75, 3.05) is 14.2 Å². The molecule has 0 aliphatic heterocycles. The van der Waals surface area contributed by atoms with Gasteiger partial charge in [-0.25, -0.2) is 0 Å². The van der Waals surface area contributed by atoms with Gasteiger partial charge in [0.2, 0.25) is 0 Å². The molecule has 3 aromatic carbocycles. The van der Waals surface area contributed by atoms with Crippen LogP contribution in [0.5, 0.6) is 11.5 Å². The Hall–Kier alpha value is -3.27. The van der Waals surface area contributed by atoms with E-state index in [0.717, 1.165) is 32.6 Å². The third kappa shape index (κ3) is 1.68. The Balaban J connectivity index is 2.16. The number of hydrogen-bond donors (Lipinski definition) is 0. The molecule has 5 aromatic rings. The van der Waals surface area contributed by atoms with E-state index in [4.69, 9.17) is 9.47 Å². The number of nitrogens with zero attached hydrogens (tertiary/aromatic N) is 1. The number of fused-ring (bicyclic) bond motifs is 5. The number of rotatable bonds is 2. The van der Waals surface area contributed by atoms with Crippen LogP contribution in [0.15, 0.2) is 59.4 Å². The molecule has 0 spiro atoms. The first-order chi connectivity index (χ1) is 12.2. The van der Waals surface area contributed by atoms with E-state index in [2.05, 4.69) is 18.2 Å². The lowest BCUT2D eigenvalue weighted by Gasteiger charge is -2.11. The van der Waals surface area contributed by atoms with Gasteiger partial charge in [0.25, 0.3) is 5.56 Å². The molecule has 2 aromatic heterocycles. The van der Waals surface area contributed by atoms with Crippen LogP contribution >= 0.6 is 0 Å². The zero-order chi connectivity index (χ0) is 17.1. The Morgan fingerprint density at radius 1 is 0.720 bits per heavy atom. The maximum Gasteiger partial charge on any atom is 0.263 e. The molecule has 0 saturated heterocycles. The van der Waals surface area contributed by atoms with Gasteiger partial charge in [0.15, 0.2) is 11.5 Å². The smallest absolute Gasteiger partial charge is 0.263 e. The average molecular weight is 329 g/mol. The van der Waals surface area contributed by atoms with Crippen molar-refractivity contribution in [3.63, 3.8) is 0 Å². The summed E-state index contributed by atoms with van der Waals surface area (Å²) >= 11 is 0. The summed E-state index contributed by atoms with van der Waals surface area (Å²) < 4.78 is 12.6. The topological polar surface area (TPSA) is 39.9 Å². The molecule has 0 atom stereocenters. The van der Waals surface area contributed by atoms with Crippen LogP contribution in [0, 0.1) is 0 Å². The molecule has 0 unspecified atom stereocenters. The minimum absolute atomic E-state index is 0.0409. The van der Waals surface area contributed by atoms with Gasteiger partial charge in [-0.2, -0.15) is 0 Å². The van der Waals surface area contributed by atoms with E-state index in [1.165, 1.54) is 0 Å². The fraction of sp³-hybridized carbons (Fsp3) is 0.0952. The van der Waals surface area contributed by atoms with Crippen molar-refractivity contribution in [1.29, 1.82) is 0 Å². The summed E-state index contributed by atoms with van der Waals surface area (Å²) in [6.07, 6.45) is 0. The first-order valence-electron chi connectivity index (χ1n) is 8.08. The molecule has 4 nitrogen and oxygen atoms in total. The van der Waals surface area contributed by atoms with Gasteiger partial charge < -0.3 is 9.47 Å². The third-order valence-electron chi connectivity index (χ3n) is 4.94. The van der Waals surface area contributed by atoms with Crippen LogP contribution in [-0.2, 0) is 0 Å². The van der Waals surface area contributed by atoms with Crippen molar-refractivity contribution in [2.45, 2.75) is 0 Å². The minimum atomic E-state index is -0.0409. The van der Waals surface area contributed by atoms with Crippen molar-refractivity contribution >= 4 is 38.0 Å². The number of hydrogen-bond acceptors (Lipinski definition) is 3. The van der Waals surface area contributed by atoms with Crippen molar-refractivity contribution in [2.24, 2.45) is 0 Å². The van der Waals surface area contributed by atoms with Gasteiger partial charge >= 0.3 is 0 Å². The van der Waals surface area contributed by atoms with E-state index in [1.807, 2.05) is 34.7 Å². The average Bonchev–Trinajstić information content (AvgIpc) is 3.00. The summed E-state index contributed by atoms with van der Waals surface area (Å²) in [6.45, 7) is 0. The van der Waals surface area contributed by atoms with Gasteiger partial charge in [0, 0.05) is 21.5 Å². The molecule has 0 N–H and O–H groups in total. The van der Waals surface area contributed by atoms with Crippen molar-refractivity contribution in [3.8, 4) is 11.5 Å². The number of benzene rings is 3. The lowest BCUT2D eigenvalue weighted by Crippen LogP contribution is -2.13. The molecule has 0 fully saturated rings. The Labute approximate surface area is 143 Å². The van der Waals surface area contributed by atoms with Gasteiger partial charge in [-0.05, 0) is 18.2 Å². The van der Waals surface area contributed by atoms with Crippen molar-refractivity contribution in [1.82, 2.24) is 4.40 Å². The van der Waals surface area contributed by atoms with Crippen LogP contribution < -0.4 is 15.0 Å². The Morgan fingerprint density at radius 3 is 2.04 bits per heavy atom. The summed E-state index contributed by atoms with van der Waals surface area (Å²) in [7, 11) is 3.18. The molecule has 0 bridgehead atoms. The highest BCUT2D eigenvalue weighted by Gasteiger charge is 2.18. The predicted octanol–water partition coefficient (Wildman–Crippen LogP) is 4.21. The standard InChI is InChI=1S/C21H15NO3/c1-24-18-10-15-14-8-5-7-13-12-6-3-4-9-17(12)22(20(13)14)21(23)16(15)11-19(18)25-2/h3-11H,1-2H3. The van der Waals surface area contributed by atoms with E-state index in [1.54, 1.807) is 20.3 Å². The van der Waals surface area contributed by atoms with Gasteiger partial charge in [-0.15, -0.1) is 0 Å². The van der Waals surface area contributed by atoms with Crippen LogP contribution in [0.1, 0.15) is 0 Å². The monoisotopic (exact) mass is 329 g/mol. The van der Waals surface area contributed by atoms with Crippen LogP contribution in [-0.4, -0.2) is 18.6 Å². The second-order valence-corrected chi connectivity index (χ2v) is 6.11. The predicted molar refractivity (Wildman–Crippen MR) is 100 cm³/mol. The van der Waals surface area contributed by atoms with Gasteiger partial charge in [0.1, 0.15) is 0 Å². The molecule has 2 heterocycles. The second kappa shape index (κ2) is 4.86. The minimum Gasteiger partial charge on any atom is -0.493 e. The fourth-order valence-electron chi connectivity index (χ4n) is 3.85. The van der Waals surface area contributed by atoms with Crippen molar-refractivity contribution in [3.05, 3.63) is 65.0 Å². The summed E-state index contributed by atoms with van der Waals surface area (Å²) in [5, 5.41) is 4.70. The fourth-order valence-corrected chi connectivity index (χ4v) is 3.85. The first-order valence-corrected chi connectivity index (χ1v) is 8.08. The lowest BCUT2D eigenvalue weighted by atomic mass is 10.0. The van der Waals surface area contributed by atoms with Crippen LogP contribution in [0.3, 0.4) is 0 Å². The first kappa shape index (κ1) is 14.1. The number of para-hydroxylation sites is 2. The number of aromatic nitrogens is 1. The molecule has 25 heavy (non-hydrogen) atoms. The summed E-state index contributed by atoms with van der Waals surface area (Å²) in [4.78, 5) is 13.3. The zero-order valence-electron chi connectivity index (χ0n) is 13.9. The molecular formula is C21H15NO3. The molecule has 5 rings (SSSR count). The maximum absolute atomic E-state index is 13.3. The summed E-state index contributed by atoms with van der Waals surface area (Å²) in [5.41, 5.74) is 1.84. The Morgan fingerprint density at radius 2 is 1.32 bits per heavy atom. The van der Waals surface area contributed by atoms with Crippen LogP contribution in [0.2, 0.25) is 0 Å². The van der Waals surface area contributed by atoms with Gasteiger partial charge in [0.05, 0.1) is 30.6 Å². The van der Waals surface area contributed by atoms with Crippen molar-refractivity contribution < 1.29 is 9.47 Å². The largest absolute Gasteiger partial charge is 0.493 e. The Bertz CT molecular complexity index is 1330. The highest BCUT2D eigenvalue weighted by molar-refractivity contribution is 6.20. The maximum atomic E-state index is 13.3. The quantitative estimate of drug-likeness (QED) is 0.455. The van der Waals surface area contributed by atoms with E-state index < -0.39 is 0 Å². The number of methoxy groups -OCH3 is 2. The van der Waals surface area contributed by atoms with Crippen LogP contribution in [0.4, 0.5) is 0 Å². The molecule has 0 amide bonds. The van der Waals surface area contributed by atoms with E-state index >= 15 is 0 Å². The molecule has 4 heteroatoms. The molecule has 122 valence electrons. The highest BCUT2D eigenvalue weighted by Crippen LogP contribution is 2.37. The molecule has 0 aliphatic rings. The van der Waals surface area contributed by atoms with E-state index in [9.17, 15) is 4.79 Å². The van der Waals surface area contributed by atoms with Crippen LogP contribution in [0.25, 0.3) is 38.0 Å². The molecule has 0 radical (unpaired) electrons. The van der Waals surface area contributed by atoms with Gasteiger partial charge in [-0.3, -0.25) is 9.20 Å². The zero-order valence-corrected chi connectivity index (χ0v) is 13.9. The van der Waals surface area contributed by atoms with E-state index in [-0.39, 0.29) is 5.56 Å². The summed E-state index contributed by atoms with van der Waals surface area (Å²) in [5.74, 6) is 1.18. The van der Waals surface area contributed by atoms with Gasteiger partial charge in [-0.1, -0.05) is 36.4 Å². The number of ether oxygens (including phenoxy) is 2. The van der Waals surface area contributed by atoms with E-state index in [0.29, 0.717) is 16.9 Å². The number of pyridine rings is 1. The highest BCUT2D eigenvalue weighted by atomic mass is 16.5. The lowest BCUT2D eigenvalue weighted by molar-refractivity contribution is 0.356.